The molecular weight excluding hydrogens is 388 g/mol. The molecule has 0 aliphatic carbocycles. The zero-order chi connectivity index (χ0) is 21.5. The average molecular weight is 421 g/mol. The van der Waals surface area contributed by atoms with Crippen molar-refractivity contribution in [3.8, 4) is 5.75 Å². The number of likely N-dealkylation sites (tertiary alicyclic amines) is 2. The Bertz CT molecular complexity index is 869. The van der Waals surface area contributed by atoms with Crippen LogP contribution >= 0.6 is 0 Å². The van der Waals surface area contributed by atoms with E-state index in [4.69, 9.17) is 4.74 Å². The van der Waals surface area contributed by atoms with Gasteiger partial charge < -0.3 is 14.5 Å². The molecule has 2 heterocycles. The lowest BCUT2D eigenvalue weighted by Crippen LogP contribution is -2.39. The van der Waals surface area contributed by atoms with Crippen LogP contribution in [0.3, 0.4) is 0 Å². The Morgan fingerprint density at radius 2 is 1.52 bits per heavy atom. The van der Waals surface area contributed by atoms with E-state index in [9.17, 15) is 9.59 Å². The molecule has 5 heteroatoms. The molecular formula is C26H32N2O3. The molecule has 0 unspecified atom stereocenters. The van der Waals surface area contributed by atoms with E-state index in [0.717, 1.165) is 58.3 Å². The molecule has 2 aliphatic heterocycles. The van der Waals surface area contributed by atoms with Crippen LogP contribution < -0.4 is 4.74 Å². The van der Waals surface area contributed by atoms with Gasteiger partial charge >= 0.3 is 0 Å². The molecule has 0 saturated carbocycles. The van der Waals surface area contributed by atoms with Crippen LogP contribution in [-0.4, -0.2) is 54.4 Å². The molecule has 0 aromatic heterocycles. The van der Waals surface area contributed by atoms with Gasteiger partial charge in [0.1, 0.15) is 5.75 Å². The summed E-state index contributed by atoms with van der Waals surface area (Å²) in [6.45, 7) is 3.84. The second-order valence-electron chi connectivity index (χ2n) is 8.62. The molecule has 31 heavy (non-hydrogen) atoms. The van der Waals surface area contributed by atoms with E-state index < -0.39 is 0 Å². The van der Waals surface area contributed by atoms with Gasteiger partial charge in [-0.1, -0.05) is 42.5 Å². The van der Waals surface area contributed by atoms with Crippen LogP contribution in [0.15, 0.2) is 54.6 Å². The Hall–Kier alpha value is -2.82. The summed E-state index contributed by atoms with van der Waals surface area (Å²) in [5, 5.41) is 0. The predicted molar refractivity (Wildman–Crippen MR) is 121 cm³/mol. The number of para-hydroxylation sites is 1. The average Bonchev–Trinajstić information content (AvgIpc) is 3.37. The van der Waals surface area contributed by atoms with Crippen molar-refractivity contribution in [3.05, 3.63) is 65.7 Å². The van der Waals surface area contributed by atoms with E-state index in [1.165, 1.54) is 5.56 Å². The van der Waals surface area contributed by atoms with Gasteiger partial charge in [-0.25, -0.2) is 0 Å². The largest absolute Gasteiger partial charge is 0.492 e. The SMILES string of the molecule is O=C(CCc1ccccc1)N1CCC(COc2ccccc2C(=O)N2CCCC2)CC1. The first kappa shape index (κ1) is 21.4. The van der Waals surface area contributed by atoms with E-state index >= 15 is 0 Å². The molecule has 5 nitrogen and oxygen atoms in total. The van der Waals surface area contributed by atoms with Gasteiger partial charge in [0.05, 0.1) is 12.2 Å². The second-order valence-corrected chi connectivity index (χ2v) is 8.62. The lowest BCUT2D eigenvalue weighted by molar-refractivity contribution is -0.132. The summed E-state index contributed by atoms with van der Waals surface area (Å²) in [5.74, 6) is 1.41. The second kappa shape index (κ2) is 10.5. The van der Waals surface area contributed by atoms with E-state index in [0.29, 0.717) is 30.3 Å². The molecule has 0 atom stereocenters. The van der Waals surface area contributed by atoms with Crippen molar-refractivity contribution in [1.82, 2.24) is 9.80 Å². The zero-order valence-electron chi connectivity index (χ0n) is 18.2. The molecule has 2 aliphatic rings. The number of nitrogens with zero attached hydrogens (tertiary/aromatic N) is 2. The first-order valence-corrected chi connectivity index (χ1v) is 11.5. The molecule has 0 bridgehead atoms. The van der Waals surface area contributed by atoms with Crippen molar-refractivity contribution in [3.63, 3.8) is 0 Å². The highest BCUT2D eigenvalue weighted by atomic mass is 16.5. The highest BCUT2D eigenvalue weighted by molar-refractivity contribution is 5.97. The molecule has 2 saturated heterocycles. The maximum Gasteiger partial charge on any atom is 0.257 e. The van der Waals surface area contributed by atoms with Crippen LogP contribution in [0.5, 0.6) is 5.75 Å². The normalized spacial score (nSPS) is 17.0. The third-order valence-corrected chi connectivity index (χ3v) is 6.42. The lowest BCUT2D eigenvalue weighted by atomic mass is 9.97. The van der Waals surface area contributed by atoms with Crippen LogP contribution in [0.1, 0.15) is 48.0 Å². The number of amides is 2. The number of aryl methyl sites for hydroxylation is 1. The summed E-state index contributed by atoms with van der Waals surface area (Å²) < 4.78 is 6.11. The number of hydrogen-bond donors (Lipinski definition) is 0. The topological polar surface area (TPSA) is 49.9 Å². The lowest BCUT2D eigenvalue weighted by Gasteiger charge is -2.32. The van der Waals surface area contributed by atoms with Crippen molar-refractivity contribution in [2.45, 2.75) is 38.5 Å². The fraction of sp³-hybridized carbons (Fsp3) is 0.462. The Kier molecular flexibility index (Phi) is 7.23. The van der Waals surface area contributed by atoms with Crippen molar-refractivity contribution in [1.29, 1.82) is 0 Å². The minimum absolute atomic E-state index is 0.0759. The molecule has 164 valence electrons. The Morgan fingerprint density at radius 3 is 2.26 bits per heavy atom. The van der Waals surface area contributed by atoms with Crippen LogP contribution in [0.4, 0.5) is 0 Å². The number of hydrogen-bond acceptors (Lipinski definition) is 3. The first-order chi connectivity index (χ1) is 15.2. The molecule has 2 aromatic carbocycles. The maximum atomic E-state index is 12.8. The van der Waals surface area contributed by atoms with E-state index in [-0.39, 0.29) is 11.8 Å². The molecule has 0 spiro atoms. The number of benzene rings is 2. The number of carbonyl (C=O) groups excluding carboxylic acids is 2. The van der Waals surface area contributed by atoms with Crippen molar-refractivity contribution >= 4 is 11.8 Å². The van der Waals surface area contributed by atoms with Crippen molar-refractivity contribution in [2.75, 3.05) is 32.8 Å². The number of piperidine rings is 1. The molecule has 2 aromatic rings. The molecule has 0 N–H and O–H groups in total. The number of ether oxygens (including phenoxy) is 1. The molecule has 4 rings (SSSR count). The molecule has 0 radical (unpaired) electrons. The number of rotatable bonds is 7. The van der Waals surface area contributed by atoms with Gasteiger partial charge in [0.25, 0.3) is 5.91 Å². The van der Waals surface area contributed by atoms with Gasteiger partial charge in [-0.3, -0.25) is 9.59 Å². The Balaban J connectivity index is 1.23. The summed E-state index contributed by atoms with van der Waals surface area (Å²) in [5.41, 5.74) is 1.87. The third kappa shape index (κ3) is 5.66. The van der Waals surface area contributed by atoms with E-state index in [2.05, 4.69) is 12.1 Å². The highest BCUT2D eigenvalue weighted by Gasteiger charge is 2.25. The smallest absolute Gasteiger partial charge is 0.257 e. The summed E-state index contributed by atoms with van der Waals surface area (Å²) in [6.07, 6.45) is 5.41. The van der Waals surface area contributed by atoms with Crippen LogP contribution in [-0.2, 0) is 11.2 Å². The predicted octanol–water partition coefficient (Wildman–Crippen LogP) is 4.17. The maximum absolute atomic E-state index is 12.8. The number of carbonyl (C=O) groups is 2. The summed E-state index contributed by atoms with van der Waals surface area (Å²) in [7, 11) is 0. The molecule has 2 fully saturated rings. The van der Waals surface area contributed by atoms with Crippen molar-refractivity contribution < 1.29 is 14.3 Å². The quantitative estimate of drug-likeness (QED) is 0.675. The zero-order valence-corrected chi connectivity index (χ0v) is 18.2. The standard InChI is InChI=1S/C26H32N2O3/c29-25(13-12-21-8-2-1-3-9-21)27-18-14-22(15-19-27)20-31-24-11-5-4-10-23(24)26(30)28-16-6-7-17-28/h1-5,8-11,22H,6-7,12-20H2. The van der Waals surface area contributed by atoms with Crippen LogP contribution in [0.25, 0.3) is 0 Å². The fourth-order valence-corrected chi connectivity index (χ4v) is 4.47. The van der Waals surface area contributed by atoms with E-state index in [1.807, 2.05) is 52.3 Å². The highest BCUT2D eigenvalue weighted by Crippen LogP contribution is 2.25. The van der Waals surface area contributed by atoms with Crippen LogP contribution in [0.2, 0.25) is 0 Å². The van der Waals surface area contributed by atoms with Crippen LogP contribution in [0, 0.1) is 5.92 Å². The third-order valence-electron chi connectivity index (χ3n) is 6.42. The van der Waals surface area contributed by atoms with Crippen molar-refractivity contribution in [2.24, 2.45) is 5.92 Å². The summed E-state index contributed by atoms with van der Waals surface area (Å²) >= 11 is 0. The Labute approximate surface area is 185 Å². The first-order valence-electron chi connectivity index (χ1n) is 11.5. The van der Waals surface area contributed by atoms with Gasteiger partial charge in [0.15, 0.2) is 0 Å². The van der Waals surface area contributed by atoms with Gasteiger partial charge in [-0.2, -0.15) is 0 Å². The minimum Gasteiger partial charge on any atom is -0.492 e. The fourth-order valence-electron chi connectivity index (χ4n) is 4.47. The Morgan fingerprint density at radius 1 is 0.839 bits per heavy atom. The molecule has 2 amide bonds. The summed E-state index contributed by atoms with van der Waals surface area (Å²) in [4.78, 5) is 29.3. The van der Waals surface area contributed by atoms with E-state index in [1.54, 1.807) is 0 Å². The van der Waals surface area contributed by atoms with Gasteiger partial charge in [0, 0.05) is 32.6 Å². The van der Waals surface area contributed by atoms with Gasteiger partial charge in [0.2, 0.25) is 5.91 Å². The van der Waals surface area contributed by atoms with Gasteiger partial charge in [-0.15, -0.1) is 0 Å². The van der Waals surface area contributed by atoms with Gasteiger partial charge in [-0.05, 0) is 55.7 Å². The monoisotopic (exact) mass is 420 g/mol. The minimum atomic E-state index is 0.0759. The summed E-state index contributed by atoms with van der Waals surface area (Å²) in [6, 6.07) is 17.8.